The van der Waals surface area contributed by atoms with Crippen molar-refractivity contribution in [2.75, 3.05) is 128 Å². The van der Waals surface area contributed by atoms with Gasteiger partial charge in [-0.05, 0) is 131 Å². The summed E-state index contributed by atoms with van der Waals surface area (Å²) in [4.78, 5) is 19.0. The average Bonchev–Trinajstić information content (AvgIpc) is 3.79. The minimum absolute atomic E-state index is 0.00424. The quantitative estimate of drug-likeness (QED) is 0.180. The van der Waals surface area contributed by atoms with E-state index in [9.17, 15) is 0 Å². The first-order chi connectivity index (χ1) is 24.5. The summed E-state index contributed by atoms with van der Waals surface area (Å²) in [6, 6.07) is 2.92. The lowest BCUT2D eigenvalue weighted by Crippen LogP contribution is -2.47. The van der Waals surface area contributed by atoms with E-state index in [0.717, 1.165) is 18.6 Å². The van der Waals surface area contributed by atoms with Gasteiger partial charge in [-0.3, -0.25) is 24.5 Å². The fourth-order valence-electron chi connectivity index (χ4n) is 5.09. The van der Waals surface area contributed by atoms with E-state index in [4.69, 9.17) is 0 Å². The van der Waals surface area contributed by atoms with Gasteiger partial charge in [0, 0.05) is 94.9 Å². The van der Waals surface area contributed by atoms with Crippen LogP contribution in [0, 0.1) is 35.5 Å². The van der Waals surface area contributed by atoms with Crippen LogP contribution in [0.5, 0.6) is 0 Å². The third-order valence-electron chi connectivity index (χ3n) is 10.3. The lowest BCUT2D eigenvalue weighted by Gasteiger charge is -2.34. The first kappa shape index (κ1) is 53.9. The second-order valence-corrected chi connectivity index (χ2v) is 17.9. The van der Waals surface area contributed by atoms with Crippen LogP contribution in [0.15, 0.2) is 0 Å². The van der Waals surface area contributed by atoms with Crippen LogP contribution in [0.3, 0.4) is 0 Å². The van der Waals surface area contributed by atoms with Gasteiger partial charge >= 0.3 is 0 Å². The molecule has 3 aliphatic rings. The number of hydrogen-bond acceptors (Lipinski definition) is 8. The van der Waals surface area contributed by atoms with Crippen LogP contribution in [0.2, 0.25) is 0 Å². The molecule has 3 fully saturated rings. The molecule has 0 amide bonds. The molecule has 1 atom stereocenters. The first-order valence-corrected chi connectivity index (χ1v) is 21.2. The van der Waals surface area contributed by atoms with Crippen LogP contribution < -0.4 is 0 Å². The Morgan fingerprint density at radius 2 is 1.23 bits per heavy atom. The summed E-state index contributed by atoms with van der Waals surface area (Å²) in [7, 11) is 14.8. The molecule has 3 saturated heterocycles. The van der Waals surface area contributed by atoms with Crippen molar-refractivity contribution in [1.29, 1.82) is 0 Å². The van der Waals surface area contributed by atoms with Crippen molar-refractivity contribution in [2.24, 2.45) is 11.8 Å². The first-order valence-electron chi connectivity index (χ1n) is 21.2. The minimum Gasteiger partial charge on any atom is -0.304 e. The largest absolute Gasteiger partial charge is 0.304 e. The smallest absolute Gasteiger partial charge is 0.0763 e. The molecule has 8 nitrogen and oxygen atoms in total. The molecule has 0 aromatic heterocycles. The summed E-state index contributed by atoms with van der Waals surface area (Å²) >= 11 is 0. The Labute approximate surface area is 334 Å². The van der Waals surface area contributed by atoms with Crippen LogP contribution in [0.4, 0.5) is 0 Å². The predicted octanol–water partition coefficient (Wildman–Crippen LogP) is 6.29. The van der Waals surface area contributed by atoms with Gasteiger partial charge in [0.25, 0.3) is 0 Å². The van der Waals surface area contributed by atoms with Gasteiger partial charge in [-0.15, -0.1) is 0 Å². The highest BCUT2D eigenvalue weighted by Gasteiger charge is 2.24. The van der Waals surface area contributed by atoms with E-state index in [2.05, 4.69) is 188 Å². The van der Waals surface area contributed by atoms with Crippen molar-refractivity contribution >= 4 is 0 Å². The fraction of sp³-hybridized carbons (Fsp3) is 0.911. The van der Waals surface area contributed by atoms with Crippen molar-refractivity contribution in [1.82, 2.24) is 39.2 Å². The van der Waals surface area contributed by atoms with Crippen LogP contribution in [0.25, 0.3) is 0 Å². The van der Waals surface area contributed by atoms with E-state index < -0.39 is 0 Å². The van der Waals surface area contributed by atoms with Crippen molar-refractivity contribution in [3.63, 3.8) is 0 Å². The van der Waals surface area contributed by atoms with Gasteiger partial charge in [-0.2, -0.15) is 0 Å². The molecule has 3 aliphatic heterocycles. The molecule has 0 radical (unpaired) electrons. The fourth-order valence-corrected chi connectivity index (χ4v) is 5.09. The molecule has 3 heterocycles. The Balaban J connectivity index is 0. The maximum absolute atomic E-state index is 3.23. The van der Waals surface area contributed by atoms with Gasteiger partial charge in [0.15, 0.2) is 0 Å². The van der Waals surface area contributed by atoms with Gasteiger partial charge in [-0.25, -0.2) is 0 Å². The van der Waals surface area contributed by atoms with Crippen molar-refractivity contribution in [2.45, 2.75) is 133 Å². The summed E-state index contributed by atoms with van der Waals surface area (Å²) in [5.74, 6) is 13.5. The van der Waals surface area contributed by atoms with Gasteiger partial charge in [-0.1, -0.05) is 58.3 Å². The number of rotatable bonds is 11. The normalized spacial score (nSPS) is 18.2. The zero-order chi connectivity index (χ0) is 41.3. The molecular formula is C45H94N8. The van der Waals surface area contributed by atoms with Gasteiger partial charge in [0.1, 0.15) is 0 Å². The Morgan fingerprint density at radius 3 is 1.62 bits per heavy atom. The molecule has 0 N–H and O–H groups in total. The van der Waals surface area contributed by atoms with Gasteiger partial charge < -0.3 is 14.7 Å². The molecule has 0 bridgehead atoms. The molecule has 53 heavy (non-hydrogen) atoms. The number of piperazine rings is 1. The Bertz CT molecular complexity index is 985. The summed E-state index contributed by atoms with van der Waals surface area (Å²) < 4.78 is 0. The molecule has 0 aromatic rings. The molecule has 314 valence electrons. The lowest BCUT2D eigenvalue weighted by molar-refractivity contribution is 0.126. The molecule has 0 spiro atoms. The second-order valence-electron chi connectivity index (χ2n) is 17.9. The highest BCUT2D eigenvalue weighted by molar-refractivity contribution is 5.15. The zero-order valence-electron chi connectivity index (χ0n) is 39.4. The summed E-state index contributed by atoms with van der Waals surface area (Å²) in [6.07, 6.45) is 2.79. The van der Waals surface area contributed by atoms with E-state index in [-0.39, 0.29) is 5.54 Å². The second kappa shape index (κ2) is 30.0. The minimum atomic E-state index is 0.00424. The highest BCUT2D eigenvalue weighted by Crippen LogP contribution is 2.17. The molecule has 0 aromatic carbocycles. The van der Waals surface area contributed by atoms with E-state index in [1.165, 1.54) is 84.8 Å². The summed E-state index contributed by atoms with van der Waals surface area (Å²) in [5.41, 5.74) is 0.00424. The third-order valence-corrected chi connectivity index (χ3v) is 10.3. The Hall–Kier alpha value is -1.20. The standard InChI is InChI=1S/C11H24N2.C10H19N.2C8H18N2.C8H15N/c1-5-13-8-6-7-11(13)9-12(4)10(2)3;1-9(2)7-8-10(3,4)11(5)6;1-8(2)10-6-4-9(3)5-7-10;1-8(2)9(3)4-5-10-6-7-10;1-8(2)6-5-7-9(3)4/h10-11H,5-9H2,1-4H3;9H,1-6H3;2*8H,4-7H2,1-3H3;8H,7H2,1-4H3. The maximum atomic E-state index is 3.23. The van der Waals surface area contributed by atoms with Gasteiger partial charge in [0.05, 0.1) is 12.1 Å². The van der Waals surface area contributed by atoms with E-state index in [1.54, 1.807) is 0 Å². The number of likely N-dealkylation sites (tertiary alicyclic amines) is 1. The van der Waals surface area contributed by atoms with Crippen LogP contribution in [0.1, 0.15) is 103 Å². The molecule has 0 aliphatic carbocycles. The van der Waals surface area contributed by atoms with E-state index >= 15 is 0 Å². The highest BCUT2D eigenvalue weighted by atomic mass is 15.3. The summed E-state index contributed by atoms with van der Waals surface area (Å²) in [5, 5.41) is 0. The van der Waals surface area contributed by atoms with Crippen LogP contribution >= 0.6 is 0 Å². The van der Waals surface area contributed by atoms with Crippen molar-refractivity contribution in [3.05, 3.63) is 0 Å². The molecule has 0 saturated carbocycles. The van der Waals surface area contributed by atoms with Gasteiger partial charge in [0.2, 0.25) is 0 Å². The molecule has 8 heteroatoms. The monoisotopic (exact) mass is 747 g/mol. The van der Waals surface area contributed by atoms with Crippen LogP contribution in [-0.2, 0) is 0 Å². The maximum Gasteiger partial charge on any atom is 0.0763 e. The third kappa shape index (κ3) is 30.7. The Kier molecular flexibility index (Phi) is 30.5. The number of nitrogens with zero attached hydrogens (tertiary/aromatic N) is 8. The Morgan fingerprint density at radius 1 is 0.698 bits per heavy atom. The average molecular weight is 747 g/mol. The van der Waals surface area contributed by atoms with Crippen molar-refractivity contribution < 1.29 is 0 Å². The number of likely N-dealkylation sites (N-methyl/N-ethyl adjacent to an activating group) is 4. The molecular weight excluding hydrogens is 653 g/mol. The SMILES string of the molecule is CC(C)C#CC(C)(C)N(C)C.CC(C)C#CCN(C)C.CC(C)N(C)CCN1CC1.CC(C)N1CCN(C)CC1.CCN1CCCC1CN(C)C(C)C. The lowest BCUT2D eigenvalue weighted by atomic mass is 10.0. The molecule has 1 unspecified atom stereocenters. The van der Waals surface area contributed by atoms with E-state index in [0.29, 0.717) is 23.9 Å². The van der Waals surface area contributed by atoms with E-state index in [1.807, 2.05) is 14.1 Å². The summed E-state index contributed by atoms with van der Waals surface area (Å²) in [6.45, 7) is 43.2. The molecule has 3 rings (SSSR count). The van der Waals surface area contributed by atoms with Crippen molar-refractivity contribution in [3.8, 4) is 23.7 Å². The predicted molar refractivity (Wildman–Crippen MR) is 238 cm³/mol. The zero-order valence-corrected chi connectivity index (χ0v) is 39.4. The van der Waals surface area contributed by atoms with Crippen LogP contribution in [-0.4, -0.2) is 197 Å². The topological polar surface area (TPSA) is 25.7 Å². The number of hydrogen-bond donors (Lipinski definition) is 0.